The van der Waals surface area contributed by atoms with E-state index in [0.29, 0.717) is 13.1 Å². The fourth-order valence-electron chi connectivity index (χ4n) is 3.56. The van der Waals surface area contributed by atoms with Crippen LogP contribution in [0.15, 0.2) is 59.5 Å². The number of hydrogen-bond donors (Lipinski definition) is 1. The average molecular weight is 382 g/mol. The molecule has 4 rings (SSSR count). The number of nitrogens with one attached hydrogen (secondary N) is 1. The normalized spacial score (nSPS) is 22.9. The molecular weight excluding hydrogens is 358 g/mol. The zero-order chi connectivity index (χ0) is 18.9. The molecule has 2 aromatic rings. The molecule has 1 atom stereocenters. The molecule has 0 saturated carbocycles. The predicted molar refractivity (Wildman–Crippen MR) is 108 cm³/mol. The van der Waals surface area contributed by atoms with Crippen LogP contribution in [0.1, 0.15) is 12.5 Å². The minimum Gasteiger partial charge on any atom is -0.338 e. The number of amides is 2. The topological polar surface area (TPSA) is 52.7 Å². The number of thioether (sulfide) groups is 1. The molecule has 0 bridgehead atoms. The lowest BCUT2D eigenvalue weighted by Gasteiger charge is -2.40. The van der Waals surface area contributed by atoms with Crippen molar-refractivity contribution < 1.29 is 9.59 Å². The van der Waals surface area contributed by atoms with Gasteiger partial charge in [0.05, 0.1) is 5.69 Å². The Morgan fingerprint density at radius 1 is 1.04 bits per heavy atom. The van der Waals surface area contributed by atoms with Crippen LogP contribution in [0.4, 0.5) is 5.69 Å². The monoisotopic (exact) mass is 381 g/mol. The molecule has 0 radical (unpaired) electrons. The molecule has 140 valence electrons. The fourth-order valence-corrected chi connectivity index (χ4v) is 4.74. The Morgan fingerprint density at radius 3 is 2.44 bits per heavy atom. The van der Waals surface area contributed by atoms with E-state index in [4.69, 9.17) is 0 Å². The summed E-state index contributed by atoms with van der Waals surface area (Å²) in [5.74, 6) is -0.332. The number of piperazine rings is 1. The quantitative estimate of drug-likeness (QED) is 0.831. The van der Waals surface area contributed by atoms with Gasteiger partial charge in [-0.3, -0.25) is 14.5 Å². The Labute approximate surface area is 163 Å². The Bertz CT molecular complexity index is 850. The second-order valence-corrected chi connectivity index (χ2v) is 8.60. The van der Waals surface area contributed by atoms with Gasteiger partial charge in [0.25, 0.3) is 0 Å². The van der Waals surface area contributed by atoms with Crippen molar-refractivity contribution in [2.24, 2.45) is 0 Å². The molecular formula is C21H23N3O2S. The van der Waals surface area contributed by atoms with Gasteiger partial charge >= 0.3 is 0 Å². The van der Waals surface area contributed by atoms with Crippen molar-refractivity contribution in [3.63, 3.8) is 0 Å². The van der Waals surface area contributed by atoms with E-state index in [0.717, 1.165) is 30.2 Å². The zero-order valence-corrected chi connectivity index (χ0v) is 16.2. The van der Waals surface area contributed by atoms with Gasteiger partial charge in [-0.05, 0) is 24.6 Å². The molecule has 5 nitrogen and oxygen atoms in total. The molecule has 2 aromatic carbocycles. The summed E-state index contributed by atoms with van der Waals surface area (Å²) in [6, 6.07) is 18.0. The predicted octanol–water partition coefficient (Wildman–Crippen LogP) is 2.83. The number of carbonyl (C=O) groups excluding carboxylic acids is 2. The highest BCUT2D eigenvalue weighted by Gasteiger charge is 2.48. The van der Waals surface area contributed by atoms with E-state index in [1.54, 1.807) is 6.92 Å². The van der Waals surface area contributed by atoms with E-state index in [1.807, 2.05) is 47.4 Å². The first kappa shape index (κ1) is 18.1. The van der Waals surface area contributed by atoms with Gasteiger partial charge in [0.1, 0.15) is 0 Å². The van der Waals surface area contributed by atoms with Gasteiger partial charge in [-0.1, -0.05) is 54.2 Å². The molecule has 27 heavy (non-hydrogen) atoms. The first-order valence-corrected chi connectivity index (χ1v) is 10.0. The molecule has 6 heteroatoms. The molecule has 1 fully saturated rings. The second-order valence-electron chi connectivity index (χ2n) is 7.14. The minimum atomic E-state index is -1.12. The van der Waals surface area contributed by atoms with E-state index >= 15 is 0 Å². The third-order valence-corrected chi connectivity index (χ3v) is 6.54. The molecule has 2 amide bonds. The van der Waals surface area contributed by atoms with Gasteiger partial charge in [-0.2, -0.15) is 0 Å². The van der Waals surface area contributed by atoms with Gasteiger partial charge in [0.15, 0.2) is 4.75 Å². The smallest absolute Gasteiger partial charge is 0.250 e. The summed E-state index contributed by atoms with van der Waals surface area (Å²) >= 11 is 1.36. The van der Waals surface area contributed by atoms with E-state index < -0.39 is 4.75 Å². The summed E-state index contributed by atoms with van der Waals surface area (Å²) in [6.45, 7) is 5.57. The summed E-state index contributed by atoms with van der Waals surface area (Å²) in [5.41, 5.74) is 2.06. The van der Waals surface area contributed by atoms with E-state index in [1.165, 1.54) is 17.3 Å². The minimum absolute atomic E-state index is 0.0983. The Kier molecular flexibility index (Phi) is 4.93. The number of carbonyl (C=O) groups is 2. The zero-order valence-electron chi connectivity index (χ0n) is 15.4. The Balaban J connectivity index is 1.41. The summed E-state index contributed by atoms with van der Waals surface area (Å²) in [6.07, 6.45) is 0. The van der Waals surface area contributed by atoms with Gasteiger partial charge < -0.3 is 10.2 Å². The standard InChI is InChI=1S/C21H23N3O2S/c1-21(19(25)22-17-9-5-6-10-18(17)27-21)20(26)24-13-11-23(12-14-24)15-16-7-3-2-4-8-16/h2-10H,11-15H2,1H3,(H,22,25). The Hall–Kier alpha value is -2.31. The van der Waals surface area contributed by atoms with Crippen LogP contribution in [0.5, 0.6) is 0 Å². The average Bonchev–Trinajstić information content (AvgIpc) is 2.70. The van der Waals surface area contributed by atoms with E-state index in [9.17, 15) is 9.59 Å². The van der Waals surface area contributed by atoms with E-state index in [-0.39, 0.29) is 11.8 Å². The van der Waals surface area contributed by atoms with Gasteiger partial charge in [0.2, 0.25) is 11.8 Å². The SMILES string of the molecule is CC1(C(=O)N2CCN(Cc3ccccc3)CC2)Sc2ccccc2NC1=O. The van der Waals surface area contributed by atoms with Gasteiger partial charge in [-0.25, -0.2) is 0 Å². The molecule has 0 aromatic heterocycles. The number of rotatable bonds is 3. The lowest BCUT2D eigenvalue weighted by atomic mass is 10.1. The molecule has 2 heterocycles. The number of benzene rings is 2. The number of anilines is 1. The van der Waals surface area contributed by atoms with Crippen molar-refractivity contribution in [3.8, 4) is 0 Å². The highest BCUT2D eigenvalue weighted by atomic mass is 32.2. The molecule has 2 aliphatic rings. The largest absolute Gasteiger partial charge is 0.338 e. The van der Waals surface area contributed by atoms with Crippen LogP contribution in [-0.4, -0.2) is 52.5 Å². The summed E-state index contributed by atoms with van der Waals surface area (Å²) in [5, 5.41) is 2.89. The van der Waals surface area contributed by atoms with Crippen molar-refractivity contribution in [1.29, 1.82) is 0 Å². The molecule has 1 N–H and O–H groups in total. The third kappa shape index (κ3) is 3.59. The number of nitrogens with zero attached hydrogens (tertiary/aromatic N) is 2. The van der Waals surface area contributed by atoms with Crippen LogP contribution in [0, 0.1) is 0 Å². The number of fused-ring (bicyclic) bond motifs is 1. The summed E-state index contributed by atoms with van der Waals surface area (Å²) < 4.78 is -1.12. The lowest BCUT2D eigenvalue weighted by molar-refractivity contribution is -0.139. The van der Waals surface area contributed by atoms with Crippen LogP contribution in [-0.2, 0) is 16.1 Å². The van der Waals surface area contributed by atoms with Crippen LogP contribution < -0.4 is 5.32 Å². The summed E-state index contributed by atoms with van der Waals surface area (Å²) in [7, 11) is 0. The molecule has 0 aliphatic carbocycles. The number of hydrogen-bond acceptors (Lipinski definition) is 4. The number of para-hydroxylation sites is 1. The third-order valence-electron chi connectivity index (χ3n) is 5.20. The molecule has 1 saturated heterocycles. The second kappa shape index (κ2) is 7.37. The maximum Gasteiger partial charge on any atom is 0.250 e. The van der Waals surface area contributed by atoms with Gasteiger partial charge in [-0.15, -0.1) is 0 Å². The van der Waals surface area contributed by atoms with Crippen molar-refractivity contribution in [2.45, 2.75) is 23.1 Å². The fraction of sp³-hybridized carbons (Fsp3) is 0.333. The maximum absolute atomic E-state index is 13.2. The molecule has 0 spiro atoms. The van der Waals surface area contributed by atoms with Crippen LogP contribution in [0.25, 0.3) is 0 Å². The maximum atomic E-state index is 13.2. The van der Waals surface area contributed by atoms with Crippen LogP contribution >= 0.6 is 11.8 Å². The van der Waals surface area contributed by atoms with Crippen LogP contribution in [0.2, 0.25) is 0 Å². The Morgan fingerprint density at radius 2 is 1.70 bits per heavy atom. The molecule has 2 aliphatic heterocycles. The highest BCUT2D eigenvalue weighted by molar-refractivity contribution is 8.02. The lowest BCUT2D eigenvalue weighted by Crippen LogP contribution is -2.57. The summed E-state index contributed by atoms with van der Waals surface area (Å²) in [4.78, 5) is 31.0. The van der Waals surface area contributed by atoms with Crippen molar-refractivity contribution in [1.82, 2.24) is 9.80 Å². The molecule has 1 unspecified atom stereocenters. The first-order chi connectivity index (χ1) is 13.1. The van der Waals surface area contributed by atoms with Crippen molar-refractivity contribution in [3.05, 3.63) is 60.2 Å². The van der Waals surface area contributed by atoms with Crippen LogP contribution in [0.3, 0.4) is 0 Å². The van der Waals surface area contributed by atoms with Gasteiger partial charge in [0, 0.05) is 37.6 Å². The van der Waals surface area contributed by atoms with E-state index in [2.05, 4.69) is 22.3 Å². The van der Waals surface area contributed by atoms with Crippen molar-refractivity contribution >= 4 is 29.3 Å². The highest BCUT2D eigenvalue weighted by Crippen LogP contribution is 2.43. The van der Waals surface area contributed by atoms with Crippen molar-refractivity contribution in [2.75, 3.05) is 31.5 Å². The first-order valence-electron chi connectivity index (χ1n) is 9.21.